The lowest BCUT2D eigenvalue weighted by molar-refractivity contribution is 0.223. The van der Waals surface area contributed by atoms with E-state index < -0.39 is 17.7 Å². The van der Waals surface area contributed by atoms with Crippen LogP contribution in [0.2, 0.25) is 0 Å². The van der Waals surface area contributed by atoms with Crippen LogP contribution in [0.4, 0.5) is 8.78 Å². The van der Waals surface area contributed by atoms with Gasteiger partial charge in [0.2, 0.25) is 0 Å². The first-order valence-electron chi connectivity index (χ1n) is 6.61. The lowest BCUT2D eigenvalue weighted by atomic mass is 10.0. The first kappa shape index (κ1) is 14.8. The zero-order chi connectivity index (χ0) is 13.8. The Kier molecular flexibility index (Phi) is 5.19. The lowest BCUT2D eigenvalue weighted by Gasteiger charge is -2.33. The van der Waals surface area contributed by atoms with E-state index in [2.05, 4.69) is 11.8 Å². The van der Waals surface area contributed by atoms with Crippen LogP contribution in [0.1, 0.15) is 24.9 Å². The summed E-state index contributed by atoms with van der Waals surface area (Å²) in [5.74, 6) is 0.630. The predicted octanol–water partition coefficient (Wildman–Crippen LogP) is 2.79. The predicted molar refractivity (Wildman–Crippen MR) is 76.3 cm³/mol. The normalized spacial score (nSPS) is 22.4. The zero-order valence-electron chi connectivity index (χ0n) is 11.1. The van der Waals surface area contributed by atoms with Gasteiger partial charge in [-0.1, -0.05) is 12.1 Å². The molecule has 2 rings (SSSR count). The topological polar surface area (TPSA) is 29.3 Å². The summed E-state index contributed by atoms with van der Waals surface area (Å²) in [6, 6.07) is 4.28. The van der Waals surface area contributed by atoms with Gasteiger partial charge in [0, 0.05) is 42.2 Å². The Morgan fingerprint density at radius 1 is 1.47 bits per heavy atom. The van der Waals surface area contributed by atoms with Crippen molar-refractivity contribution in [3.63, 3.8) is 0 Å². The molecule has 1 aliphatic heterocycles. The molecule has 2 N–H and O–H groups in total. The van der Waals surface area contributed by atoms with E-state index in [9.17, 15) is 8.78 Å². The largest absolute Gasteiger partial charge is 0.324 e. The van der Waals surface area contributed by atoms with Crippen molar-refractivity contribution in [3.05, 3.63) is 35.4 Å². The monoisotopic (exact) mass is 286 g/mol. The highest BCUT2D eigenvalue weighted by molar-refractivity contribution is 7.99. The Bertz CT molecular complexity index is 428. The van der Waals surface area contributed by atoms with Gasteiger partial charge in [0.15, 0.2) is 11.6 Å². The molecule has 0 radical (unpaired) electrons. The Balaban J connectivity index is 1.93. The third kappa shape index (κ3) is 3.68. The van der Waals surface area contributed by atoms with Gasteiger partial charge in [0.1, 0.15) is 0 Å². The molecular formula is C14H20F2N2S. The molecule has 0 saturated carbocycles. The Hall–Kier alpha value is -0.650. The minimum atomic E-state index is -0.823. The van der Waals surface area contributed by atoms with Crippen molar-refractivity contribution in [2.45, 2.75) is 25.4 Å². The standard InChI is InChI=1S/C14H20F2N2S/c1-10-9-19-8-7-18(10)6-5-13(17)11-3-2-4-12(15)14(11)16/h2-4,10,13H,5-9,17H2,1H3. The third-order valence-corrected chi connectivity index (χ3v) is 4.80. The molecule has 1 aromatic rings. The van der Waals surface area contributed by atoms with Gasteiger partial charge in [0.05, 0.1) is 0 Å². The highest BCUT2D eigenvalue weighted by Crippen LogP contribution is 2.22. The number of benzene rings is 1. The summed E-state index contributed by atoms with van der Waals surface area (Å²) in [6.45, 7) is 4.07. The molecular weight excluding hydrogens is 266 g/mol. The van der Waals surface area contributed by atoms with Crippen molar-refractivity contribution in [2.24, 2.45) is 5.73 Å². The quantitative estimate of drug-likeness (QED) is 0.923. The van der Waals surface area contributed by atoms with E-state index in [4.69, 9.17) is 5.73 Å². The molecule has 1 fully saturated rings. The number of nitrogens with zero attached hydrogens (tertiary/aromatic N) is 1. The Labute approximate surface area is 117 Å². The molecule has 19 heavy (non-hydrogen) atoms. The van der Waals surface area contributed by atoms with Crippen LogP contribution in [0.3, 0.4) is 0 Å². The van der Waals surface area contributed by atoms with Crippen LogP contribution in [0.5, 0.6) is 0 Å². The van der Waals surface area contributed by atoms with Gasteiger partial charge >= 0.3 is 0 Å². The molecule has 1 aromatic carbocycles. The number of hydrogen-bond donors (Lipinski definition) is 1. The van der Waals surface area contributed by atoms with E-state index in [0.717, 1.165) is 30.7 Å². The van der Waals surface area contributed by atoms with Crippen LogP contribution < -0.4 is 5.73 Å². The smallest absolute Gasteiger partial charge is 0.163 e. The number of rotatable bonds is 4. The maximum Gasteiger partial charge on any atom is 0.163 e. The van der Waals surface area contributed by atoms with Crippen LogP contribution in [-0.2, 0) is 0 Å². The molecule has 1 saturated heterocycles. The molecule has 0 aliphatic carbocycles. The second-order valence-electron chi connectivity index (χ2n) is 5.00. The van der Waals surface area contributed by atoms with Crippen LogP contribution in [-0.4, -0.2) is 35.5 Å². The van der Waals surface area contributed by atoms with Gasteiger partial charge in [-0.2, -0.15) is 11.8 Å². The lowest BCUT2D eigenvalue weighted by Crippen LogP contribution is -2.41. The van der Waals surface area contributed by atoms with Crippen molar-refractivity contribution in [3.8, 4) is 0 Å². The van der Waals surface area contributed by atoms with Crippen molar-refractivity contribution < 1.29 is 8.78 Å². The Morgan fingerprint density at radius 2 is 2.26 bits per heavy atom. The molecule has 0 aromatic heterocycles. The van der Waals surface area contributed by atoms with Crippen LogP contribution in [0.15, 0.2) is 18.2 Å². The van der Waals surface area contributed by atoms with E-state index >= 15 is 0 Å². The zero-order valence-corrected chi connectivity index (χ0v) is 11.9. The number of hydrogen-bond acceptors (Lipinski definition) is 3. The second-order valence-corrected chi connectivity index (χ2v) is 6.15. The summed E-state index contributed by atoms with van der Waals surface area (Å²) in [4.78, 5) is 2.37. The van der Waals surface area contributed by atoms with Gasteiger partial charge in [0.25, 0.3) is 0 Å². The van der Waals surface area contributed by atoms with E-state index in [-0.39, 0.29) is 5.56 Å². The third-order valence-electron chi connectivity index (χ3n) is 3.61. The average molecular weight is 286 g/mol. The summed E-state index contributed by atoms with van der Waals surface area (Å²) in [5, 5.41) is 0. The molecule has 2 unspecified atom stereocenters. The minimum absolute atomic E-state index is 0.277. The maximum absolute atomic E-state index is 13.6. The summed E-state index contributed by atoms with van der Waals surface area (Å²) >= 11 is 1.96. The molecule has 0 amide bonds. The maximum atomic E-state index is 13.6. The second kappa shape index (κ2) is 6.68. The molecule has 1 aliphatic rings. The van der Waals surface area contributed by atoms with Gasteiger partial charge in [-0.15, -0.1) is 0 Å². The van der Waals surface area contributed by atoms with E-state index in [1.165, 1.54) is 6.07 Å². The summed E-state index contributed by atoms with van der Waals surface area (Å²) in [5.41, 5.74) is 6.27. The molecule has 2 nitrogen and oxygen atoms in total. The van der Waals surface area contributed by atoms with E-state index in [0.29, 0.717) is 12.5 Å². The molecule has 0 spiro atoms. The highest BCUT2D eigenvalue weighted by Gasteiger charge is 2.20. The van der Waals surface area contributed by atoms with Crippen LogP contribution >= 0.6 is 11.8 Å². The first-order chi connectivity index (χ1) is 9.09. The van der Waals surface area contributed by atoms with Crippen LogP contribution in [0.25, 0.3) is 0 Å². The van der Waals surface area contributed by atoms with Crippen molar-refractivity contribution >= 4 is 11.8 Å². The van der Waals surface area contributed by atoms with E-state index in [1.54, 1.807) is 6.07 Å². The number of thioether (sulfide) groups is 1. The van der Waals surface area contributed by atoms with Crippen molar-refractivity contribution in [2.75, 3.05) is 24.6 Å². The minimum Gasteiger partial charge on any atom is -0.324 e. The van der Waals surface area contributed by atoms with Gasteiger partial charge in [-0.05, 0) is 19.4 Å². The van der Waals surface area contributed by atoms with Gasteiger partial charge in [-0.25, -0.2) is 8.78 Å². The SMILES string of the molecule is CC1CSCCN1CCC(N)c1cccc(F)c1F. The van der Waals surface area contributed by atoms with Gasteiger partial charge < -0.3 is 5.73 Å². The first-order valence-corrected chi connectivity index (χ1v) is 7.76. The summed E-state index contributed by atoms with van der Waals surface area (Å²) in [6.07, 6.45) is 0.648. The van der Waals surface area contributed by atoms with Crippen molar-refractivity contribution in [1.82, 2.24) is 4.90 Å². The highest BCUT2D eigenvalue weighted by atomic mass is 32.2. The van der Waals surface area contributed by atoms with Crippen LogP contribution in [0, 0.1) is 11.6 Å². The van der Waals surface area contributed by atoms with Crippen molar-refractivity contribution in [1.29, 1.82) is 0 Å². The molecule has 106 valence electrons. The average Bonchev–Trinajstić information content (AvgIpc) is 2.40. The summed E-state index contributed by atoms with van der Waals surface area (Å²) in [7, 11) is 0. The molecule has 5 heteroatoms. The molecule has 2 atom stereocenters. The number of halogens is 2. The summed E-state index contributed by atoms with van der Waals surface area (Å²) < 4.78 is 26.8. The fraction of sp³-hybridized carbons (Fsp3) is 0.571. The number of nitrogens with two attached hydrogens (primary N) is 1. The molecule has 0 bridgehead atoms. The molecule has 1 heterocycles. The fourth-order valence-electron chi connectivity index (χ4n) is 2.36. The van der Waals surface area contributed by atoms with E-state index in [1.807, 2.05) is 11.8 Å². The van der Waals surface area contributed by atoms with Gasteiger partial charge in [-0.3, -0.25) is 4.90 Å². The Morgan fingerprint density at radius 3 is 3.00 bits per heavy atom. The fourth-order valence-corrected chi connectivity index (χ4v) is 3.44.